The summed E-state index contributed by atoms with van der Waals surface area (Å²) in [6.07, 6.45) is 5.02. The zero-order valence-corrected chi connectivity index (χ0v) is 17.5. The molecule has 0 aromatic carbocycles. The zero-order chi connectivity index (χ0) is 10.3. The maximum absolute atomic E-state index is 2.55. The Kier molecular flexibility index (Phi) is 4.12. The Hall–Kier alpha value is 1.60. The average Bonchev–Trinajstić information content (AvgIpc) is 2.28. The van der Waals surface area contributed by atoms with Gasteiger partial charge in [0.15, 0.2) is 0 Å². The second kappa shape index (κ2) is 4.23. The van der Waals surface area contributed by atoms with Crippen molar-refractivity contribution in [2.24, 2.45) is 0 Å². The van der Waals surface area contributed by atoms with Crippen LogP contribution in [-0.4, -0.2) is 51.7 Å². The molecule has 0 atom stereocenters. The monoisotopic (exact) mass is 462 g/mol. The van der Waals surface area contributed by atoms with Crippen LogP contribution in [0.25, 0.3) is 0 Å². The van der Waals surface area contributed by atoms with Crippen LogP contribution >= 0.6 is 0 Å². The molecule has 0 nitrogen and oxygen atoms in total. The van der Waals surface area contributed by atoms with Gasteiger partial charge in [-0.3, -0.25) is 0 Å². The molecule has 0 unspecified atom stereocenters. The first-order valence-electron chi connectivity index (χ1n) is 4.91. The van der Waals surface area contributed by atoms with Crippen molar-refractivity contribution in [3.05, 3.63) is 17.1 Å². The van der Waals surface area contributed by atoms with Crippen LogP contribution in [0.5, 0.6) is 0 Å². The van der Waals surface area contributed by atoms with Crippen molar-refractivity contribution >= 4 is 51.7 Å². The third kappa shape index (κ3) is 3.58. The molecule has 1 aliphatic heterocycles. The van der Waals surface area contributed by atoms with Crippen molar-refractivity contribution < 1.29 is 0 Å². The summed E-state index contributed by atoms with van der Waals surface area (Å²) in [6.45, 7) is 0. The molecule has 3 heteroatoms. The quantitative estimate of drug-likeness (QED) is 0.558. The number of hydrogen-bond acceptors (Lipinski definition) is 0. The van der Waals surface area contributed by atoms with Crippen LogP contribution in [0, 0.1) is 0 Å². The summed E-state index contributed by atoms with van der Waals surface area (Å²) in [5.74, 6) is 0. The topological polar surface area (TPSA) is 0 Å². The summed E-state index contributed by atoms with van der Waals surface area (Å²) in [5, 5.41) is 0. The Labute approximate surface area is 97.2 Å². The van der Waals surface area contributed by atoms with Crippen LogP contribution in [0.4, 0.5) is 0 Å². The van der Waals surface area contributed by atoms with Gasteiger partial charge in [0.05, 0.1) is 0 Å². The zero-order valence-electron chi connectivity index (χ0n) is 9.65. The van der Waals surface area contributed by atoms with Crippen molar-refractivity contribution in [1.82, 2.24) is 0 Å². The standard InChI is InChI=1S/C4H4Se.6CH3.2Sn/c1-2-4-5-3-1;;;;;;;;/h1-2H,5H2;6*1H3;;. The van der Waals surface area contributed by atoms with Crippen molar-refractivity contribution in [1.29, 1.82) is 0 Å². The van der Waals surface area contributed by atoms with Gasteiger partial charge in [0.1, 0.15) is 0 Å². The van der Waals surface area contributed by atoms with Gasteiger partial charge in [-0.2, -0.15) is 0 Å². The molecule has 0 spiro atoms. The van der Waals surface area contributed by atoms with Crippen molar-refractivity contribution in [3.8, 4) is 0 Å². The van der Waals surface area contributed by atoms with E-state index in [2.05, 4.69) is 41.8 Å². The Bertz CT molecular complexity index is 236. The molecular weight excluding hydrogens is 436 g/mol. The molecule has 13 heavy (non-hydrogen) atoms. The number of hydrogen-bond donors (Lipinski definition) is 0. The van der Waals surface area contributed by atoms with Gasteiger partial charge in [-0.15, -0.1) is 0 Å². The average molecular weight is 459 g/mol. The van der Waals surface area contributed by atoms with Gasteiger partial charge in [-0.1, -0.05) is 0 Å². The van der Waals surface area contributed by atoms with E-state index < -0.39 is 36.8 Å². The molecule has 0 radical (unpaired) electrons. The summed E-state index contributed by atoms with van der Waals surface area (Å²) >= 11 is -3.10. The van der Waals surface area contributed by atoms with E-state index in [4.69, 9.17) is 0 Å². The predicted octanol–water partition coefficient (Wildman–Crippen LogP) is 2.69. The van der Waals surface area contributed by atoms with Gasteiger partial charge in [0.25, 0.3) is 0 Å². The van der Waals surface area contributed by atoms with E-state index >= 15 is 0 Å². The summed E-state index contributed by atoms with van der Waals surface area (Å²) in [4.78, 5) is 15.3. The molecule has 0 fully saturated rings. The van der Waals surface area contributed by atoms with Gasteiger partial charge < -0.3 is 0 Å². The van der Waals surface area contributed by atoms with Crippen LogP contribution in [0.1, 0.15) is 0 Å². The van der Waals surface area contributed by atoms with E-state index in [-0.39, 0.29) is 15.0 Å². The van der Waals surface area contributed by atoms with Crippen LogP contribution < -0.4 is 0 Å². The molecule has 0 aliphatic carbocycles. The maximum atomic E-state index is 2.55. The Morgan fingerprint density at radius 3 is 1.23 bits per heavy atom. The SMILES string of the molecule is [CH3][Sn]([CH3])([CH3])[C]1=CC=[C]([Sn]([CH3])([CH3])[CH3])[SeH2]1. The van der Waals surface area contributed by atoms with E-state index in [1.807, 2.05) is 4.97 Å². The number of allylic oxidation sites excluding steroid dienone is 2. The summed E-state index contributed by atoms with van der Waals surface area (Å²) in [6, 6.07) is 0. The third-order valence-electron chi connectivity index (χ3n) is 2.30. The summed E-state index contributed by atoms with van der Waals surface area (Å²) in [5.41, 5.74) is 0. The van der Waals surface area contributed by atoms with Crippen LogP contribution in [0.3, 0.4) is 0 Å². The first-order valence-corrected chi connectivity index (χ1v) is 27.0. The normalized spacial score (nSPS) is 19.2. The molecule has 1 rings (SSSR count). The fourth-order valence-corrected chi connectivity index (χ4v) is 27.9. The molecule has 0 amide bonds. The predicted molar refractivity (Wildman–Crippen MR) is 71.4 cm³/mol. The van der Waals surface area contributed by atoms with E-state index in [9.17, 15) is 0 Å². The van der Waals surface area contributed by atoms with Gasteiger partial charge >= 0.3 is 98.5 Å². The third-order valence-corrected chi connectivity index (χ3v) is 39.1. The van der Waals surface area contributed by atoms with Gasteiger partial charge in [-0.05, 0) is 0 Å². The van der Waals surface area contributed by atoms with Gasteiger partial charge in [0, 0.05) is 0 Å². The number of rotatable bonds is 2. The molecule has 0 aromatic heterocycles. The van der Waals surface area contributed by atoms with Gasteiger partial charge in [0.2, 0.25) is 0 Å². The minimum atomic E-state index is -1.65. The summed E-state index contributed by atoms with van der Waals surface area (Å²) in [7, 11) is 0. The Morgan fingerprint density at radius 2 is 1.08 bits per heavy atom. The second-order valence-corrected chi connectivity index (χ2v) is 43.3. The molecule has 0 N–H and O–H groups in total. The van der Waals surface area contributed by atoms with E-state index in [1.165, 1.54) is 0 Å². The van der Waals surface area contributed by atoms with E-state index in [1.54, 1.807) is 0 Å². The second-order valence-electron chi connectivity index (χ2n) is 5.79. The van der Waals surface area contributed by atoms with Crippen LogP contribution in [0.15, 0.2) is 17.1 Å². The molecule has 76 valence electrons. The molecule has 1 aliphatic rings. The van der Waals surface area contributed by atoms with E-state index in [0.29, 0.717) is 0 Å². The fraction of sp³-hybridized carbons (Fsp3) is 0.600. The molecule has 0 bridgehead atoms. The van der Waals surface area contributed by atoms with Crippen molar-refractivity contribution in [2.75, 3.05) is 0 Å². The minimum absolute atomic E-state index is 0.201. The fourth-order valence-electron chi connectivity index (χ4n) is 1.27. The van der Waals surface area contributed by atoms with Crippen LogP contribution in [0.2, 0.25) is 29.6 Å². The molecule has 0 aromatic rings. The molecule has 0 saturated heterocycles. The van der Waals surface area contributed by atoms with Crippen molar-refractivity contribution in [3.63, 3.8) is 0 Å². The molecule has 1 heterocycles. The molecular formula is C10H22SeSn2. The van der Waals surface area contributed by atoms with Gasteiger partial charge in [-0.25, -0.2) is 0 Å². The summed E-state index contributed by atoms with van der Waals surface area (Å²) < 4.78 is 3.91. The van der Waals surface area contributed by atoms with Crippen molar-refractivity contribution in [2.45, 2.75) is 29.6 Å². The Morgan fingerprint density at radius 1 is 0.769 bits per heavy atom. The van der Waals surface area contributed by atoms with Crippen LogP contribution in [-0.2, 0) is 0 Å². The first-order chi connectivity index (χ1) is 5.71. The first kappa shape index (κ1) is 12.7. The Balaban J connectivity index is 2.71. The van der Waals surface area contributed by atoms with E-state index in [0.717, 1.165) is 0 Å². The molecule has 0 saturated carbocycles.